The van der Waals surface area contributed by atoms with Gasteiger partial charge < -0.3 is 14.6 Å². The number of aryl methyl sites for hydroxylation is 1. The maximum atomic E-state index is 5.42. The van der Waals surface area contributed by atoms with Crippen molar-refractivity contribution in [1.29, 1.82) is 0 Å². The number of nitrogens with zero attached hydrogens (tertiary/aromatic N) is 1. The van der Waals surface area contributed by atoms with E-state index in [0.717, 1.165) is 18.7 Å². The predicted molar refractivity (Wildman–Crippen MR) is 81.1 cm³/mol. The summed E-state index contributed by atoms with van der Waals surface area (Å²) in [6.07, 6.45) is 3.19. The van der Waals surface area contributed by atoms with Gasteiger partial charge in [-0.15, -0.1) is 0 Å². The second kappa shape index (κ2) is 5.66. The molecule has 1 aromatic heterocycles. The molecule has 3 nitrogen and oxygen atoms in total. The third-order valence-electron chi connectivity index (χ3n) is 3.97. The highest BCUT2D eigenvalue weighted by Crippen LogP contribution is 2.29. The lowest BCUT2D eigenvalue weighted by atomic mass is 10.0. The summed E-state index contributed by atoms with van der Waals surface area (Å²) in [4.78, 5) is 5.73. The lowest BCUT2D eigenvalue weighted by molar-refractivity contribution is 0.278. The topological polar surface area (TPSA) is 28.3 Å². The zero-order chi connectivity index (χ0) is 14.0. The molecule has 1 aromatic carbocycles. The predicted octanol–water partition coefficient (Wildman–Crippen LogP) is 3.37. The molecule has 19 heavy (non-hydrogen) atoms. The van der Waals surface area contributed by atoms with E-state index in [1.165, 1.54) is 22.0 Å². The van der Waals surface area contributed by atoms with Gasteiger partial charge in [0.15, 0.2) is 0 Å². The fourth-order valence-corrected chi connectivity index (χ4v) is 2.44. The Kier molecular flexibility index (Phi) is 4.15. The van der Waals surface area contributed by atoms with Crippen molar-refractivity contribution in [2.24, 2.45) is 0 Å². The van der Waals surface area contributed by atoms with Crippen molar-refractivity contribution < 1.29 is 4.74 Å². The number of nitrogens with one attached hydrogen (secondary N) is 1. The third-order valence-corrected chi connectivity index (χ3v) is 3.97. The molecule has 0 radical (unpaired) electrons. The molecule has 0 unspecified atom stereocenters. The first kappa shape index (κ1) is 13.9. The largest absolute Gasteiger partial charge is 0.496 e. The van der Waals surface area contributed by atoms with Crippen LogP contribution in [0.3, 0.4) is 0 Å². The zero-order valence-electron chi connectivity index (χ0n) is 12.6. The van der Waals surface area contributed by atoms with E-state index in [0.29, 0.717) is 6.04 Å². The Hall–Kier alpha value is -1.48. The summed E-state index contributed by atoms with van der Waals surface area (Å²) in [5, 5.41) is 1.32. The highest BCUT2D eigenvalue weighted by Gasteiger charge is 2.11. The number of likely N-dealkylation sites (N-methyl/N-ethyl adjacent to an activating group) is 1. The Balaban J connectivity index is 2.29. The standard InChI is InChI=1S/C16H24N2O/c1-11(2)18(4)9-8-13-10-17-14-6-7-15(19-5)12(3)16(13)14/h6-7,10-11,17H,8-9H2,1-5H3. The number of ether oxygens (including phenoxy) is 1. The Morgan fingerprint density at radius 1 is 1.32 bits per heavy atom. The molecule has 0 fully saturated rings. The SMILES string of the molecule is COc1ccc2[nH]cc(CCN(C)C(C)C)c2c1C. The maximum Gasteiger partial charge on any atom is 0.122 e. The van der Waals surface area contributed by atoms with Gasteiger partial charge in [0.1, 0.15) is 5.75 Å². The van der Waals surface area contributed by atoms with Gasteiger partial charge in [0, 0.05) is 35.2 Å². The second-order valence-electron chi connectivity index (χ2n) is 5.45. The van der Waals surface area contributed by atoms with Crippen molar-refractivity contribution in [2.75, 3.05) is 20.7 Å². The van der Waals surface area contributed by atoms with Crippen LogP contribution < -0.4 is 4.74 Å². The molecule has 0 saturated carbocycles. The van der Waals surface area contributed by atoms with E-state index >= 15 is 0 Å². The lowest BCUT2D eigenvalue weighted by Crippen LogP contribution is -2.28. The molecule has 3 heteroatoms. The molecule has 0 atom stereocenters. The molecular formula is C16H24N2O. The van der Waals surface area contributed by atoms with Crippen LogP contribution in [-0.2, 0) is 6.42 Å². The van der Waals surface area contributed by atoms with Crippen LogP contribution in [0.1, 0.15) is 25.0 Å². The molecule has 104 valence electrons. The summed E-state index contributed by atoms with van der Waals surface area (Å²) in [7, 11) is 3.90. The molecule has 0 aliphatic rings. The van der Waals surface area contributed by atoms with E-state index in [1.807, 2.05) is 6.07 Å². The summed E-state index contributed by atoms with van der Waals surface area (Å²) in [5.41, 5.74) is 3.79. The van der Waals surface area contributed by atoms with Crippen LogP contribution >= 0.6 is 0 Å². The van der Waals surface area contributed by atoms with Crippen LogP contribution in [0.2, 0.25) is 0 Å². The Morgan fingerprint density at radius 3 is 2.68 bits per heavy atom. The Labute approximate surface area is 115 Å². The molecule has 2 aromatic rings. The molecule has 0 amide bonds. The smallest absolute Gasteiger partial charge is 0.122 e. The third kappa shape index (κ3) is 2.76. The molecule has 0 aliphatic carbocycles. The van der Waals surface area contributed by atoms with Crippen molar-refractivity contribution >= 4 is 10.9 Å². The van der Waals surface area contributed by atoms with Crippen LogP contribution in [0, 0.1) is 6.92 Å². The Bertz CT molecular complexity index is 557. The average molecular weight is 260 g/mol. The first-order valence-corrected chi connectivity index (χ1v) is 6.88. The van der Waals surface area contributed by atoms with Crippen LogP contribution in [0.15, 0.2) is 18.3 Å². The molecule has 0 saturated heterocycles. The van der Waals surface area contributed by atoms with Gasteiger partial charge in [-0.25, -0.2) is 0 Å². The lowest BCUT2D eigenvalue weighted by Gasteiger charge is -2.20. The number of benzene rings is 1. The zero-order valence-corrected chi connectivity index (χ0v) is 12.6. The summed E-state index contributed by atoms with van der Waals surface area (Å²) in [5.74, 6) is 0.963. The van der Waals surface area contributed by atoms with E-state index in [9.17, 15) is 0 Å². The molecule has 2 rings (SSSR count). The van der Waals surface area contributed by atoms with Crippen LogP contribution in [0.25, 0.3) is 10.9 Å². The highest BCUT2D eigenvalue weighted by molar-refractivity contribution is 5.88. The van der Waals surface area contributed by atoms with Crippen molar-refractivity contribution in [3.63, 3.8) is 0 Å². The van der Waals surface area contributed by atoms with Crippen molar-refractivity contribution in [3.8, 4) is 5.75 Å². The number of methoxy groups -OCH3 is 1. The molecule has 1 heterocycles. The van der Waals surface area contributed by atoms with Gasteiger partial charge in [0.25, 0.3) is 0 Å². The van der Waals surface area contributed by atoms with Gasteiger partial charge in [0.2, 0.25) is 0 Å². The summed E-state index contributed by atoms with van der Waals surface area (Å²) >= 11 is 0. The number of rotatable bonds is 5. The molecule has 1 N–H and O–H groups in total. The van der Waals surface area contributed by atoms with Crippen LogP contribution in [-0.4, -0.2) is 36.6 Å². The monoisotopic (exact) mass is 260 g/mol. The minimum absolute atomic E-state index is 0.584. The van der Waals surface area contributed by atoms with Gasteiger partial charge in [-0.05, 0) is 51.9 Å². The first-order valence-electron chi connectivity index (χ1n) is 6.88. The fourth-order valence-electron chi connectivity index (χ4n) is 2.44. The number of aromatic nitrogens is 1. The van der Waals surface area contributed by atoms with Crippen molar-refractivity contribution in [3.05, 3.63) is 29.5 Å². The van der Waals surface area contributed by atoms with Crippen molar-refractivity contribution in [2.45, 2.75) is 33.2 Å². The quantitative estimate of drug-likeness (QED) is 0.892. The number of H-pyrrole nitrogens is 1. The van der Waals surface area contributed by atoms with Crippen molar-refractivity contribution in [1.82, 2.24) is 9.88 Å². The van der Waals surface area contributed by atoms with Gasteiger partial charge in [0.05, 0.1) is 7.11 Å². The number of hydrogen-bond donors (Lipinski definition) is 1. The number of hydrogen-bond acceptors (Lipinski definition) is 2. The molecular weight excluding hydrogens is 236 g/mol. The van der Waals surface area contributed by atoms with Gasteiger partial charge >= 0.3 is 0 Å². The normalized spacial score (nSPS) is 11.7. The van der Waals surface area contributed by atoms with E-state index in [2.05, 4.69) is 50.0 Å². The fraction of sp³-hybridized carbons (Fsp3) is 0.500. The minimum atomic E-state index is 0.584. The average Bonchev–Trinajstić information content (AvgIpc) is 2.80. The molecule has 0 aliphatic heterocycles. The summed E-state index contributed by atoms with van der Waals surface area (Å²) in [6, 6.07) is 4.70. The van der Waals surface area contributed by atoms with E-state index < -0.39 is 0 Å². The minimum Gasteiger partial charge on any atom is -0.496 e. The van der Waals surface area contributed by atoms with E-state index in [4.69, 9.17) is 4.74 Å². The Morgan fingerprint density at radius 2 is 2.05 bits per heavy atom. The first-order chi connectivity index (χ1) is 9.04. The number of aromatic amines is 1. The van der Waals surface area contributed by atoms with E-state index in [1.54, 1.807) is 7.11 Å². The number of fused-ring (bicyclic) bond motifs is 1. The van der Waals surface area contributed by atoms with Crippen LogP contribution in [0.4, 0.5) is 0 Å². The summed E-state index contributed by atoms with van der Waals surface area (Å²) < 4.78 is 5.42. The van der Waals surface area contributed by atoms with Gasteiger partial charge in [-0.1, -0.05) is 0 Å². The molecule has 0 bridgehead atoms. The van der Waals surface area contributed by atoms with Gasteiger partial charge in [-0.2, -0.15) is 0 Å². The van der Waals surface area contributed by atoms with E-state index in [-0.39, 0.29) is 0 Å². The maximum absolute atomic E-state index is 5.42. The second-order valence-corrected chi connectivity index (χ2v) is 5.45. The summed E-state index contributed by atoms with van der Waals surface area (Å²) in [6.45, 7) is 7.65. The van der Waals surface area contributed by atoms with Gasteiger partial charge in [-0.3, -0.25) is 0 Å². The van der Waals surface area contributed by atoms with Crippen LogP contribution in [0.5, 0.6) is 5.75 Å². The highest BCUT2D eigenvalue weighted by atomic mass is 16.5. The molecule has 0 spiro atoms.